The summed E-state index contributed by atoms with van der Waals surface area (Å²) in [4.78, 5) is 19.2. The van der Waals surface area contributed by atoms with E-state index in [1.165, 1.54) is 27.8 Å². The van der Waals surface area contributed by atoms with E-state index in [0.717, 1.165) is 42.8 Å². The van der Waals surface area contributed by atoms with Crippen LogP contribution in [0.15, 0.2) is 30.3 Å². The minimum Gasteiger partial charge on any atom is -0.333 e. The summed E-state index contributed by atoms with van der Waals surface area (Å²) in [5.74, 6) is 1.16. The van der Waals surface area contributed by atoms with Crippen LogP contribution in [0.5, 0.6) is 0 Å². The molecular formula is C24H29N3O. The van der Waals surface area contributed by atoms with Crippen molar-refractivity contribution in [3.8, 4) is 0 Å². The van der Waals surface area contributed by atoms with Gasteiger partial charge in [-0.1, -0.05) is 18.2 Å². The summed E-state index contributed by atoms with van der Waals surface area (Å²) < 4.78 is 2.34. The Bertz CT molecular complexity index is 1040. The lowest BCUT2D eigenvalue weighted by atomic mass is 9.94. The Morgan fingerprint density at radius 3 is 2.46 bits per heavy atom. The van der Waals surface area contributed by atoms with E-state index < -0.39 is 0 Å². The van der Waals surface area contributed by atoms with Gasteiger partial charge in [0, 0.05) is 20.0 Å². The van der Waals surface area contributed by atoms with Crippen LogP contribution in [0.25, 0.3) is 11.0 Å². The molecule has 28 heavy (non-hydrogen) atoms. The number of hydrogen-bond donors (Lipinski definition) is 0. The standard InChI is InChI=1S/C24H29N3O/c1-15-13-16(2)18(4)20(17(15)3)14-27-22-10-7-6-9-21(22)25-24(27)23-11-8-12-26(23)19(5)28/h6-7,9-10,13,23H,8,11-12,14H2,1-5H3/t23-/m0/s1. The third-order valence-corrected chi connectivity index (χ3v) is 6.48. The number of hydrogen-bond acceptors (Lipinski definition) is 2. The van der Waals surface area contributed by atoms with Gasteiger partial charge in [-0.2, -0.15) is 0 Å². The number of para-hydroxylation sites is 2. The van der Waals surface area contributed by atoms with Crippen molar-refractivity contribution < 1.29 is 4.79 Å². The van der Waals surface area contributed by atoms with Crippen LogP contribution in [0.2, 0.25) is 0 Å². The zero-order valence-corrected chi connectivity index (χ0v) is 17.5. The summed E-state index contributed by atoms with van der Waals surface area (Å²) in [7, 11) is 0. The van der Waals surface area contributed by atoms with Crippen LogP contribution < -0.4 is 0 Å². The third kappa shape index (κ3) is 3.01. The molecule has 0 unspecified atom stereocenters. The van der Waals surface area contributed by atoms with Gasteiger partial charge in [0.15, 0.2) is 0 Å². The van der Waals surface area contributed by atoms with E-state index >= 15 is 0 Å². The van der Waals surface area contributed by atoms with Gasteiger partial charge in [-0.15, -0.1) is 0 Å². The fourth-order valence-electron chi connectivity index (χ4n) is 4.62. The molecule has 4 nitrogen and oxygen atoms in total. The lowest BCUT2D eigenvalue weighted by Crippen LogP contribution is -2.30. The van der Waals surface area contributed by atoms with E-state index in [-0.39, 0.29) is 11.9 Å². The predicted molar refractivity (Wildman–Crippen MR) is 114 cm³/mol. The minimum atomic E-state index is 0.0661. The Labute approximate surface area is 167 Å². The van der Waals surface area contributed by atoms with Gasteiger partial charge < -0.3 is 9.47 Å². The second-order valence-corrected chi connectivity index (χ2v) is 8.15. The highest BCUT2D eigenvalue weighted by atomic mass is 16.2. The van der Waals surface area contributed by atoms with Gasteiger partial charge in [-0.25, -0.2) is 4.98 Å². The van der Waals surface area contributed by atoms with Crippen molar-refractivity contribution in [2.75, 3.05) is 6.54 Å². The van der Waals surface area contributed by atoms with Crippen LogP contribution in [0.3, 0.4) is 0 Å². The summed E-state index contributed by atoms with van der Waals surface area (Å²) >= 11 is 0. The molecule has 0 aliphatic carbocycles. The molecule has 0 bridgehead atoms. The van der Waals surface area contributed by atoms with Gasteiger partial charge in [0.05, 0.1) is 17.1 Å². The zero-order valence-electron chi connectivity index (χ0n) is 17.5. The van der Waals surface area contributed by atoms with E-state index in [1.807, 2.05) is 11.0 Å². The number of rotatable bonds is 3. The van der Waals surface area contributed by atoms with E-state index in [4.69, 9.17) is 4.98 Å². The monoisotopic (exact) mass is 375 g/mol. The number of likely N-dealkylation sites (tertiary alicyclic amines) is 1. The molecule has 1 aliphatic rings. The molecule has 4 rings (SSSR count). The smallest absolute Gasteiger partial charge is 0.220 e. The number of fused-ring (bicyclic) bond motifs is 1. The van der Waals surface area contributed by atoms with Crippen molar-refractivity contribution in [2.24, 2.45) is 0 Å². The summed E-state index contributed by atoms with van der Waals surface area (Å²) in [6, 6.07) is 10.7. The van der Waals surface area contributed by atoms with Crippen molar-refractivity contribution in [3.63, 3.8) is 0 Å². The van der Waals surface area contributed by atoms with Crippen molar-refractivity contribution in [1.29, 1.82) is 0 Å². The average molecular weight is 376 g/mol. The normalized spacial score (nSPS) is 16.9. The minimum absolute atomic E-state index is 0.0661. The molecule has 2 aromatic carbocycles. The number of amides is 1. The molecule has 0 spiro atoms. The lowest BCUT2D eigenvalue weighted by molar-refractivity contribution is -0.129. The number of benzene rings is 2. The van der Waals surface area contributed by atoms with Crippen LogP contribution in [-0.4, -0.2) is 26.9 Å². The van der Waals surface area contributed by atoms with Crippen LogP contribution in [0.4, 0.5) is 0 Å². The first-order valence-electron chi connectivity index (χ1n) is 10.2. The van der Waals surface area contributed by atoms with E-state index in [0.29, 0.717) is 0 Å². The third-order valence-electron chi connectivity index (χ3n) is 6.48. The highest BCUT2D eigenvalue weighted by molar-refractivity contribution is 5.77. The van der Waals surface area contributed by atoms with Gasteiger partial charge in [0.2, 0.25) is 5.91 Å². The Morgan fingerprint density at radius 1 is 1.11 bits per heavy atom. The first-order chi connectivity index (χ1) is 13.4. The average Bonchev–Trinajstić information content (AvgIpc) is 3.28. The summed E-state index contributed by atoms with van der Waals surface area (Å²) in [5.41, 5.74) is 8.88. The molecule has 1 atom stereocenters. The number of nitrogens with zero attached hydrogens (tertiary/aromatic N) is 3. The summed E-state index contributed by atoms with van der Waals surface area (Å²) in [6.07, 6.45) is 2.02. The number of aromatic nitrogens is 2. The van der Waals surface area contributed by atoms with Gasteiger partial charge >= 0.3 is 0 Å². The molecule has 4 heteroatoms. The van der Waals surface area contributed by atoms with E-state index in [2.05, 4.69) is 56.5 Å². The zero-order chi connectivity index (χ0) is 20.0. The molecule has 3 aromatic rings. The van der Waals surface area contributed by atoms with Crippen molar-refractivity contribution in [2.45, 2.75) is 60.0 Å². The van der Waals surface area contributed by atoms with Crippen LogP contribution in [0, 0.1) is 27.7 Å². The number of carbonyl (C=O) groups excluding carboxylic acids is 1. The first-order valence-corrected chi connectivity index (χ1v) is 10.2. The molecule has 1 amide bonds. The van der Waals surface area contributed by atoms with E-state index in [9.17, 15) is 4.79 Å². The molecule has 1 saturated heterocycles. The number of carbonyl (C=O) groups is 1. The van der Waals surface area contributed by atoms with Crippen LogP contribution in [-0.2, 0) is 11.3 Å². The molecule has 0 saturated carbocycles. The fourth-order valence-corrected chi connectivity index (χ4v) is 4.62. The maximum absolute atomic E-state index is 12.2. The molecule has 0 radical (unpaired) electrons. The maximum atomic E-state index is 12.2. The van der Waals surface area contributed by atoms with Gasteiger partial charge in [0.25, 0.3) is 0 Å². The second kappa shape index (κ2) is 7.08. The van der Waals surface area contributed by atoms with Gasteiger partial charge in [-0.05, 0) is 80.5 Å². The highest BCUT2D eigenvalue weighted by Gasteiger charge is 2.32. The second-order valence-electron chi connectivity index (χ2n) is 8.15. The lowest BCUT2D eigenvalue weighted by Gasteiger charge is -2.25. The van der Waals surface area contributed by atoms with Crippen molar-refractivity contribution >= 4 is 16.9 Å². The first kappa shape index (κ1) is 18.7. The van der Waals surface area contributed by atoms with Crippen LogP contribution >= 0.6 is 0 Å². The quantitative estimate of drug-likeness (QED) is 0.646. The number of aryl methyl sites for hydroxylation is 2. The number of imidazole rings is 1. The van der Waals surface area contributed by atoms with Gasteiger partial charge in [-0.3, -0.25) is 4.79 Å². The SMILES string of the molecule is CC(=O)N1CCC[C@H]1c1nc2ccccc2n1Cc1c(C)c(C)cc(C)c1C. The summed E-state index contributed by atoms with van der Waals surface area (Å²) in [5, 5.41) is 0. The molecule has 146 valence electrons. The molecule has 1 aliphatic heterocycles. The molecule has 1 fully saturated rings. The maximum Gasteiger partial charge on any atom is 0.220 e. The molecular weight excluding hydrogens is 346 g/mol. The highest BCUT2D eigenvalue weighted by Crippen LogP contribution is 2.34. The Hall–Kier alpha value is -2.62. The largest absolute Gasteiger partial charge is 0.333 e. The summed E-state index contributed by atoms with van der Waals surface area (Å²) in [6.45, 7) is 12.1. The Kier molecular flexibility index (Phi) is 4.74. The van der Waals surface area contributed by atoms with Crippen molar-refractivity contribution in [1.82, 2.24) is 14.5 Å². The molecule has 0 N–H and O–H groups in total. The Balaban J connectivity index is 1.89. The predicted octanol–water partition coefficient (Wildman–Crippen LogP) is 5.00. The van der Waals surface area contributed by atoms with Crippen LogP contribution in [0.1, 0.15) is 59.4 Å². The van der Waals surface area contributed by atoms with E-state index in [1.54, 1.807) is 6.92 Å². The van der Waals surface area contributed by atoms with Crippen molar-refractivity contribution in [3.05, 3.63) is 64.0 Å². The molecule has 2 heterocycles. The topological polar surface area (TPSA) is 38.1 Å². The molecule has 1 aromatic heterocycles. The Morgan fingerprint density at radius 2 is 1.79 bits per heavy atom. The fraction of sp³-hybridized carbons (Fsp3) is 0.417. The van der Waals surface area contributed by atoms with Gasteiger partial charge in [0.1, 0.15) is 5.82 Å².